The monoisotopic (exact) mass is 315 g/mol. The quantitative estimate of drug-likeness (QED) is 0.792. The molecule has 1 N–H and O–H groups in total. The number of nitrogens with one attached hydrogen (secondary N) is 1. The SMILES string of the molecule is CC(C)Oc1cccc(NC(=O)[C@@H](C)Sc2ccccc2)c1. The van der Waals surface area contributed by atoms with Crippen molar-refractivity contribution in [2.45, 2.75) is 37.0 Å². The molecule has 0 saturated carbocycles. The van der Waals surface area contributed by atoms with Crippen LogP contribution in [-0.2, 0) is 4.79 Å². The van der Waals surface area contributed by atoms with Crippen molar-refractivity contribution in [2.24, 2.45) is 0 Å². The van der Waals surface area contributed by atoms with Crippen LogP contribution >= 0.6 is 11.8 Å². The number of anilines is 1. The Kier molecular flexibility index (Phi) is 5.90. The molecule has 0 bridgehead atoms. The highest BCUT2D eigenvalue weighted by molar-refractivity contribution is 8.00. The smallest absolute Gasteiger partial charge is 0.237 e. The summed E-state index contributed by atoms with van der Waals surface area (Å²) in [6.07, 6.45) is 0.110. The summed E-state index contributed by atoms with van der Waals surface area (Å²) < 4.78 is 5.64. The first kappa shape index (κ1) is 16.4. The predicted octanol–water partition coefficient (Wildman–Crippen LogP) is 4.59. The molecule has 0 unspecified atom stereocenters. The fraction of sp³-hybridized carbons (Fsp3) is 0.278. The van der Waals surface area contributed by atoms with Gasteiger partial charge in [-0.15, -0.1) is 11.8 Å². The Labute approximate surface area is 136 Å². The third kappa shape index (κ3) is 5.11. The third-order valence-electron chi connectivity index (χ3n) is 2.90. The first-order chi connectivity index (χ1) is 10.5. The molecule has 0 aromatic heterocycles. The van der Waals surface area contributed by atoms with E-state index in [2.05, 4.69) is 5.32 Å². The number of carbonyl (C=O) groups excluding carboxylic acids is 1. The van der Waals surface area contributed by atoms with Crippen LogP contribution in [0.15, 0.2) is 59.5 Å². The van der Waals surface area contributed by atoms with Gasteiger partial charge in [-0.05, 0) is 45.0 Å². The van der Waals surface area contributed by atoms with Gasteiger partial charge in [0.1, 0.15) is 5.75 Å². The molecule has 0 spiro atoms. The van der Waals surface area contributed by atoms with Crippen molar-refractivity contribution in [3.05, 3.63) is 54.6 Å². The molecule has 0 heterocycles. The van der Waals surface area contributed by atoms with Gasteiger partial charge in [0.05, 0.1) is 11.4 Å². The van der Waals surface area contributed by atoms with Crippen molar-refractivity contribution in [2.75, 3.05) is 5.32 Å². The summed E-state index contributed by atoms with van der Waals surface area (Å²) in [6.45, 7) is 5.86. The van der Waals surface area contributed by atoms with E-state index in [1.54, 1.807) is 11.8 Å². The van der Waals surface area contributed by atoms with Crippen molar-refractivity contribution in [1.29, 1.82) is 0 Å². The van der Waals surface area contributed by atoms with Gasteiger partial charge >= 0.3 is 0 Å². The molecule has 0 fully saturated rings. The summed E-state index contributed by atoms with van der Waals surface area (Å²) in [7, 11) is 0. The molecule has 0 saturated heterocycles. The highest BCUT2D eigenvalue weighted by Gasteiger charge is 2.14. The van der Waals surface area contributed by atoms with E-state index in [1.165, 1.54) is 0 Å². The van der Waals surface area contributed by atoms with Crippen LogP contribution in [0.3, 0.4) is 0 Å². The number of carbonyl (C=O) groups is 1. The minimum absolute atomic E-state index is 0.0180. The summed E-state index contributed by atoms with van der Waals surface area (Å²) >= 11 is 1.54. The van der Waals surface area contributed by atoms with Gasteiger partial charge in [-0.25, -0.2) is 0 Å². The van der Waals surface area contributed by atoms with E-state index in [0.717, 1.165) is 16.3 Å². The largest absolute Gasteiger partial charge is 0.491 e. The zero-order valence-corrected chi connectivity index (χ0v) is 13.9. The van der Waals surface area contributed by atoms with Crippen LogP contribution in [0.4, 0.5) is 5.69 Å². The summed E-state index contributed by atoms with van der Waals surface area (Å²) in [5.74, 6) is 0.742. The van der Waals surface area contributed by atoms with Gasteiger partial charge in [-0.2, -0.15) is 0 Å². The number of amides is 1. The Hall–Kier alpha value is -1.94. The highest BCUT2D eigenvalue weighted by Crippen LogP contribution is 2.24. The molecule has 116 valence electrons. The van der Waals surface area contributed by atoms with Gasteiger partial charge in [0.25, 0.3) is 0 Å². The minimum Gasteiger partial charge on any atom is -0.491 e. The Morgan fingerprint density at radius 1 is 1.05 bits per heavy atom. The molecule has 3 nitrogen and oxygen atoms in total. The molecule has 2 aromatic carbocycles. The molecular formula is C18H21NO2S. The molecule has 1 atom stereocenters. The molecular weight excluding hydrogens is 294 g/mol. The number of rotatable bonds is 6. The molecule has 0 aliphatic rings. The standard InChI is InChI=1S/C18H21NO2S/c1-13(2)21-16-9-7-8-15(12-16)19-18(20)14(3)22-17-10-5-4-6-11-17/h4-14H,1-3H3,(H,19,20)/t14-/m1/s1. The van der Waals surface area contributed by atoms with Gasteiger partial charge in [0, 0.05) is 16.6 Å². The van der Waals surface area contributed by atoms with Gasteiger partial charge in [-0.3, -0.25) is 4.79 Å². The first-order valence-electron chi connectivity index (χ1n) is 7.34. The molecule has 2 aromatic rings. The number of thioether (sulfide) groups is 1. The molecule has 0 aliphatic carbocycles. The van der Waals surface area contributed by atoms with Gasteiger partial charge in [0.2, 0.25) is 5.91 Å². The molecule has 0 radical (unpaired) electrons. The van der Waals surface area contributed by atoms with Gasteiger partial charge < -0.3 is 10.1 Å². The van der Waals surface area contributed by atoms with Crippen LogP contribution < -0.4 is 10.1 Å². The maximum atomic E-state index is 12.3. The van der Waals surface area contributed by atoms with E-state index in [-0.39, 0.29) is 17.3 Å². The van der Waals surface area contributed by atoms with Crippen molar-refractivity contribution in [3.63, 3.8) is 0 Å². The normalized spacial score (nSPS) is 12.0. The van der Waals surface area contributed by atoms with Crippen LogP contribution in [0.2, 0.25) is 0 Å². The Morgan fingerprint density at radius 3 is 2.45 bits per heavy atom. The van der Waals surface area contributed by atoms with Crippen LogP contribution in [0.5, 0.6) is 5.75 Å². The van der Waals surface area contributed by atoms with Crippen molar-refractivity contribution in [1.82, 2.24) is 0 Å². The highest BCUT2D eigenvalue weighted by atomic mass is 32.2. The second-order valence-corrected chi connectivity index (χ2v) is 6.67. The lowest BCUT2D eigenvalue weighted by Crippen LogP contribution is -2.22. The van der Waals surface area contributed by atoms with Crippen LogP contribution in [0.25, 0.3) is 0 Å². The predicted molar refractivity (Wildman–Crippen MR) is 92.6 cm³/mol. The lowest BCUT2D eigenvalue weighted by Gasteiger charge is -2.14. The van der Waals surface area contributed by atoms with E-state index in [9.17, 15) is 4.79 Å². The lowest BCUT2D eigenvalue weighted by molar-refractivity contribution is -0.115. The molecule has 1 amide bonds. The number of ether oxygens (including phenoxy) is 1. The summed E-state index contributed by atoms with van der Waals surface area (Å²) in [5, 5.41) is 2.77. The Morgan fingerprint density at radius 2 is 1.77 bits per heavy atom. The average molecular weight is 315 g/mol. The van der Waals surface area contributed by atoms with Gasteiger partial charge in [-0.1, -0.05) is 24.3 Å². The molecule has 0 aliphatic heterocycles. The van der Waals surface area contributed by atoms with E-state index >= 15 is 0 Å². The van der Waals surface area contributed by atoms with Crippen LogP contribution in [0.1, 0.15) is 20.8 Å². The molecule has 4 heteroatoms. The maximum absolute atomic E-state index is 12.3. The summed E-state index contributed by atoms with van der Waals surface area (Å²) in [4.78, 5) is 13.4. The first-order valence-corrected chi connectivity index (χ1v) is 8.22. The Bertz CT molecular complexity index is 613. The number of benzene rings is 2. The zero-order chi connectivity index (χ0) is 15.9. The van der Waals surface area contributed by atoms with E-state index in [1.807, 2.05) is 75.4 Å². The molecule has 22 heavy (non-hydrogen) atoms. The molecule has 2 rings (SSSR count). The number of hydrogen-bond donors (Lipinski definition) is 1. The van der Waals surface area contributed by atoms with E-state index in [4.69, 9.17) is 4.74 Å². The van der Waals surface area contributed by atoms with Gasteiger partial charge in [0.15, 0.2) is 0 Å². The van der Waals surface area contributed by atoms with Crippen molar-refractivity contribution in [3.8, 4) is 5.75 Å². The lowest BCUT2D eigenvalue weighted by atomic mass is 10.3. The topological polar surface area (TPSA) is 38.3 Å². The van der Waals surface area contributed by atoms with Crippen molar-refractivity contribution < 1.29 is 9.53 Å². The second-order valence-electron chi connectivity index (χ2n) is 5.26. The third-order valence-corrected chi connectivity index (χ3v) is 4.01. The summed E-state index contributed by atoms with van der Waals surface area (Å²) in [6, 6.07) is 17.4. The minimum atomic E-state index is -0.169. The zero-order valence-electron chi connectivity index (χ0n) is 13.1. The fourth-order valence-electron chi connectivity index (χ4n) is 1.92. The Balaban J connectivity index is 1.96. The second kappa shape index (κ2) is 7.90. The number of hydrogen-bond acceptors (Lipinski definition) is 3. The van der Waals surface area contributed by atoms with E-state index in [0.29, 0.717) is 0 Å². The van der Waals surface area contributed by atoms with E-state index < -0.39 is 0 Å². The fourth-order valence-corrected chi connectivity index (χ4v) is 2.81. The van der Waals surface area contributed by atoms with Crippen molar-refractivity contribution >= 4 is 23.4 Å². The maximum Gasteiger partial charge on any atom is 0.237 e. The average Bonchev–Trinajstić information content (AvgIpc) is 2.48. The summed E-state index contributed by atoms with van der Waals surface area (Å²) in [5.41, 5.74) is 0.753. The van der Waals surface area contributed by atoms with Crippen LogP contribution in [0, 0.1) is 0 Å². The van der Waals surface area contributed by atoms with Crippen LogP contribution in [-0.4, -0.2) is 17.3 Å².